The van der Waals surface area contributed by atoms with Gasteiger partial charge in [-0.1, -0.05) is 45.7 Å². The third kappa shape index (κ3) is 6.76. The van der Waals surface area contributed by atoms with E-state index in [2.05, 4.69) is 5.32 Å². The summed E-state index contributed by atoms with van der Waals surface area (Å²) in [7, 11) is 3.89. The Kier molecular flexibility index (Phi) is 8.46. The van der Waals surface area contributed by atoms with Crippen molar-refractivity contribution in [3.63, 3.8) is 0 Å². The third-order valence-corrected chi connectivity index (χ3v) is 7.50. The number of esters is 1. The lowest BCUT2D eigenvalue weighted by Crippen LogP contribution is -2.30. The second-order valence-corrected chi connectivity index (χ2v) is 9.30. The lowest BCUT2D eigenvalue weighted by atomic mass is 10.1. The van der Waals surface area contributed by atoms with Crippen LogP contribution in [0.25, 0.3) is 0 Å². The second-order valence-electron chi connectivity index (χ2n) is 6.11. The molecule has 0 saturated carbocycles. The van der Waals surface area contributed by atoms with Crippen LogP contribution in [0.1, 0.15) is 44.6 Å². The first-order valence-corrected chi connectivity index (χ1v) is 11.3. The fourth-order valence-electron chi connectivity index (χ4n) is 2.49. The van der Waals surface area contributed by atoms with Crippen molar-refractivity contribution in [2.45, 2.75) is 57.3 Å². The van der Waals surface area contributed by atoms with Crippen LogP contribution in [0.15, 0.2) is 18.2 Å². The van der Waals surface area contributed by atoms with Gasteiger partial charge in [-0.15, -0.1) is 0 Å². The molecule has 0 aliphatic carbocycles. The van der Waals surface area contributed by atoms with Gasteiger partial charge in [0.2, 0.25) is 0 Å². The molecule has 4 nitrogen and oxygen atoms in total. The monoisotopic (exact) mass is 401 g/mol. The Balaban J connectivity index is 1.68. The van der Waals surface area contributed by atoms with Crippen LogP contribution in [0.4, 0.5) is 5.69 Å². The summed E-state index contributed by atoms with van der Waals surface area (Å²) in [6, 6.07) is 5.30. The zero-order chi connectivity index (χ0) is 18.2. The number of benzene rings is 1. The van der Waals surface area contributed by atoms with Crippen molar-refractivity contribution in [2.24, 2.45) is 0 Å². The van der Waals surface area contributed by atoms with Gasteiger partial charge in [-0.25, -0.2) is 0 Å². The first kappa shape index (κ1) is 20.5. The molecule has 1 saturated heterocycles. The largest absolute Gasteiger partial charge is 0.453 e. The molecule has 138 valence electrons. The topological polar surface area (TPSA) is 55.4 Å². The van der Waals surface area contributed by atoms with Gasteiger partial charge in [0.15, 0.2) is 6.10 Å². The van der Waals surface area contributed by atoms with Gasteiger partial charge in [-0.05, 0) is 50.8 Å². The third-order valence-electron chi connectivity index (χ3n) is 4.09. The van der Waals surface area contributed by atoms with E-state index in [0.29, 0.717) is 17.1 Å². The number of anilines is 1. The number of carbonyl (C=O) groups is 2. The normalized spacial score (nSPS) is 18.0. The molecular formula is C18H24ClNO3S2. The van der Waals surface area contributed by atoms with E-state index in [4.69, 9.17) is 16.3 Å². The summed E-state index contributed by atoms with van der Waals surface area (Å²) in [4.78, 5) is 24.1. The predicted octanol–water partition coefficient (Wildman–Crippen LogP) is 5.23. The minimum Gasteiger partial charge on any atom is -0.453 e. The minimum atomic E-state index is -0.826. The lowest BCUT2D eigenvalue weighted by Gasteiger charge is -2.15. The maximum Gasteiger partial charge on any atom is 0.306 e. The number of rotatable bonds is 8. The highest BCUT2D eigenvalue weighted by Crippen LogP contribution is 2.39. The van der Waals surface area contributed by atoms with Crippen molar-refractivity contribution in [3.8, 4) is 0 Å². The smallest absolute Gasteiger partial charge is 0.306 e. The van der Waals surface area contributed by atoms with Gasteiger partial charge in [-0.3, -0.25) is 9.59 Å². The van der Waals surface area contributed by atoms with Gasteiger partial charge >= 0.3 is 5.97 Å². The number of carbonyl (C=O) groups excluding carboxylic acids is 2. The van der Waals surface area contributed by atoms with Crippen LogP contribution >= 0.6 is 33.2 Å². The molecule has 1 aliphatic heterocycles. The van der Waals surface area contributed by atoms with Crippen LogP contribution in [0, 0.1) is 6.92 Å². The van der Waals surface area contributed by atoms with Crippen LogP contribution in [0.2, 0.25) is 5.02 Å². The molecule has 1 aromatic rings. The molecule has 0 aromatic heterocycles. The van der Waals surface area contributed by atoms with Gasteiger partial charge in [-0.2, -0.15) is 0 Å². The molecule has 1 amide bonds. The zero-order valence-electron chi connectivity index (χ0n) is 14.5. The standard InChI is InChI=1S/C18H24ClNO3S2/c1-12-15(19)7-5-8-16(12)20-18(22)13(2)23-17(21)9-4-3-6-14-10-11-24-25-14/h5,7-8,13-14H,3-4,6,9-11H2,1-2H3,(H,20,22)/t13-,14+/m0/s1. The summed E-state index contributed by atoms with van der Waals surface area (Å²) in [6.07, 6.45) is 3.78. The molecule has 1 N–H and O–H groups in total. The highest BCUT2D eigenvalue weighted by atomic mass is 35.5. The highest BCUT2D eigenvalue weighted by molar-refractivity contribution is 8.77. The molecule has 0 radical (unpaired) electrons. The molecule has 1 heterocycles. The number of halogens is 1. The molecule has 1 fully saturated rings. The summed E-state index contributed by atoms with van der Waals surface area (Å²) in [6.45, 7) is 3.41. The van der Waals surface area contributed by atoms with Crippen LogP contribution in [-0.2, 0) is 14.3 Å². The van der Waals surface area contributed by atoms with Crippen LogP contribution in [0.5, 0.6) is 0 Å². The number of hydrogen-bond acceptors (Lipinski definition) is 5. The Hall–Kier alpha value is -0.850. The zero-order valence-corrected chi connectivity index (χ0v) is 16.9. The summed E-state index contributed by atoms with van der Waals surface area (Å²) < 4.78 is 5.23. The number of hydrogen-bond donors (Lipinski definition) is 1. The average Bonchev–Trinajstić information content (AvgIpc) is 3.09. The number of ether oxygens (including phenoxy) is 1. The summed E-state index contributed by atoms with van der Waals surface area (Å²) in [5.41, 5.74) is 1.42. The Morgan fingerprint density at radius 3 is 2.92 bits per heavy atom. The van der Waals surface area contributed by atoms with Crippen LogP contribution < -0.4 is 5.32 Å². The predicted molar refractivity (Wildman–Crippen MR) is 107 cm³/mol. The lowest BCUT2D eigenvalue weighted by molar-refractivity contribution is -0.153. The van der Waals surface area contributed by atoms with Crippen molar-refractivity contribution in [3.05, 3.63) is 28.8 Å². The molecule has 1 aromatic carbocycles. The Labute approximate surface area is 162 Å². The van der Waals surface area contributed by atoms with Gasteiger partial charge in [0.25, 0.3) is 5.91 Å². The Bertz CT molecular complexity index is 606. The second kappa shape index (κ2) is 10.3. The van der Waals surface area contributed by atoms with Crippen molar-refractivity contribution in [1.82, 2.24) is 0 Å². The molecule has 25 heavy (non-hydrogen) atoms. The fourth-order valence-corrected chi connectivity index (χ4v) is 5.69. The Morgan fingerprint density at radius 2 is 2.20 bits per heavy atom. The van der Waals surface area contributed by atoms with Crippen molar-refractivity contribution in [2.75, 3.05) is 11.1 Å². The van der Waals surface area contributed by atoms with E-state index in [-0.39, 0.29) is 11.9 Å². The van der Waals surface area contributed by atoms with E-state index in [9.17, 15) is 9.59 Å². The molecule has 0 unspecified atom stereocenters. The molecule has 7 heteroatoms. The maximum atomic E-state index is 12.2. The minimum absolute atomic E-state index is 0.320. The first-order chi connectivity index (χ1) is 12.0. The van der Waals surface area contributed by atoms with Gasteiger partial charge in [0.1, 0.15) is 0 Å². The van der Waals surface area contributed by atoms with Crippen LogP contribution in [0.3, 0.4) is 0 Å². The van der Waals surface area contributed by atoms with Gasteiger partial charge in [0.05, 0.1) is 0 Å². The SMILES string of the molecule is Cc1c(Cl)cccc1NC(=O)[C@H](C)OC(=O)CCCC[C@@H]1CCSS1. The molecule has 0 bridgehead atoms. The quantitative estimate of drug-likeness (QED) is 0.367. The van der Waals surface area contributed by atoms with Crippen molar-refractivity contribution in [1.29, 1.82) is 0 Å². The number of nitrogens with one attached hydrogen (secondary N) is 1. The van der Waals surface area contributed by atoms with Crippen molar-refractivity contribution < 1.29 is 14.3 Å². The number of amides is 1. The fraction of sp³-hybridized carbons (Fsp3) is 0.556. The highest BCUT2D eigenvalue weighted by Gasteiger charge is 2.19. The summed E-state index contributed by atoms with van der Waals surface area (Å²) >= 11 is 6.04. The molecular weight excluding hydrogens is 378 g/mol. The van der Waals surface area contributed by atoms with Crippen LogP contribution in [-0.4, -0.2) is 29.0 Å². The molecule has 2 rings (SSSR count). The van der Waals surface area contributed by atoms with E-state index in [1.807, 2.05) is 28.5 Å². The van der Waals surface area contributed by atoms with E-state index >= 15 is 0 Å². The molecule has 0 spiro atoms. The summed E-state index contributed by atoms with van der Waals surface area (Å²) in [5, 5.41) is 4.07. The maximum absolute atomic E-state index is 12.2. The van der Waals surface area contributed by atoms with E-state index in [1.54, 1.807) is 25.1 Å². The average molecular weight is 402 g/mol. The van der Waals surface area contributed by atoms with Gasteiger partial charge in [0, 0.05) is 28.1 Å². The summed E-state index contributed by atoms with van der Waals surface area (Å²) in [5.74, 6) is 0.563. The number of unbranched alkanes of at least 4 members (excludes halogenated alkanes) is 1. The van der Waals surface area contributed by atoms with E-state index < -0.39 is 6.10 Å². The molecule has 2 atom stereocenters. The van der Waals surface area contributed by atoms with Crippen molar-refractivity contribution >= 4 is 50.8 Å². The molecule has 1 aliphatic rings. The van der Waals surface area contributed by atoms with E-state index in [1.165, 1.54) is 12.2 Å². The van der Waals surface area contributed by atoms with Gasteiger partial charge < -0.3 is 10.1 Å². The first-order valence-electron chi connectivity index (χ1n) is 8.51. The van der Waals surface area contributed by atoms with E-state index in [0.717, 1.165) is 30.1 Å². The Morgan fingerprint density at radius 1 is 1.40 bits per heavy atom.